The van der Waals surface area contributed by atoms with Crippen molar-refractivity contribution in [2.45, 2.75) is 44.2 Å². The molecule has 1 N–H and O–H groups in total. The van der Waals surface area contributed by atoms with Crippen LogP contribution in [0.25, 0.3) is 0 Å². The summed E-state index contributed by atoms with van der Waals surface area (Å²) in [6.45, 7) is 5.16. The van der Waals surface area contributed by atoms with Gasteiger partial charge in [-0.3, -0.25) is 0 Å². The molecule has 0 aromatic rings. The lowest BCUT2D eigenvalue weighted by atomic mass is 9.96. The minimum Gasteiger partial charge on any atom is -0.379 e. The van der Waals surface area contributed by atoms with Gasteiger partial charge in [0.25, 0.3) is 0 Å². The first-order valence-electron chi connectivity index (χ1n) is 6.23. The van der Waals surface area contributed by atoms with Gasteiger partial charge in [0.2, 0.25) is 0 Å². The second kappa shape index (κ2) is 5.81. The van der Waals surface area contributed by atoms with Crippen LogP contribution in [0.2, 0.25) is 0 Å². The molecular formula is C13H24N2O2. The summed E-state index contributed by atoms with van der Waals surface area (Å²) in [6, 6.07) is 2.37. The molecule has 1 rings (SSSR count). The van der Waals surface area contributed by atoms with Crippen LogP contribution in [-0.2, 0) is 9.47 Å². The third kappa shape index (κ3) is 3.95. The summed E-state index contributed by atoms with van der Waals surface area (Å²) < 4.78 is 11.0. The van der Waals surface area contributed by atoms with E-state index in [9.17, 15) is 5.26 Å². The zero-order chi connectivity index (χ0) is 12.9. The van der Waals surface area contributed by atoms with E-state index < -0.39 is 5.54 Å². The molecule has 4 heteroatoms. The third-order valence-electron chi connectivity index (χ3n) is 3.65. The fourth-order valence-corrected chi connectivity index (χ4v) is 1.80. The maximum atomic E-state index is 9.28. The minimum absolute atomic E-state index is 0.158. The van der Waals surface area contributed by atoms with Crippen molar-refractivity contribution in [3.63, 3.8) is 0 Å². The Morgan fingerprint density at radius 2 is 2.06 bits per heavy atom. The SMILES string of the molecule is CNC(C#N)(COCCC(C)(C)OC)C1CC1. The molecule has 1 aliphatic carbocycles. The summed E-state index contributed by atoms with van der Waals surface area (Å²) in [5, 5.41) is 12.4. The normalized spacial score (nSPS) is 19.7. The molecule has 0 saturated heterocycles. The highest BCUT2D eigenvalue weighted by Crippen LogP contribution is 2.39. The van der Waals surface area contributed by atoms with E-state index in [0.29, 0.717) is 19.1 Å². The quantitative estimate of drug-likeness (QED) is 0.656. The average molecular weight is 240 g/mol. The van der Waals surface area contributed by atoms with E-state index in [2.05, 4.69) is 11.4 Å². The monoisotopic (exact) mass is 240 g/mol. The van der Waals surface area contributed by atoms with Crippen LogP contribution in [0, 0.1) is 17.2 Å². The molecule has 0 aliphatic heterocycles. The van der Waals surface area contributed by atoms with E-state index in [0.717, 1.165) is 19.3 Å². The number of methoxy groups -OCH3 is 1. The number of nitriles is 1. The summed E-state index contributed by atoms with van der Waals surface area (Å²) in [6.07, 6.45) is 3.09. The van der Waals surface area contributed by atoms with Crippen molar-refractivity contribution in [3.8, 4) is 6.07 Å². The first kappa shape index (κ1) is 14.4. The zero-order valence-corrected chi connectivity index (χ0v) is 11.4. The van der Waals surface area contributed by atoms with Crippen molar-refractivity contribution in [1.29, 1.82) is 5.26 Å². The van der Waals surface area contributed by atoms with Crippen LogP contribution < -0.4 is 5.32 Å². The van der Waals surface area contributed by atoms with E-state index in [-0.39, 0.29) is 5.60 Å². The Morgan fingerprint density at radius 1 is 1.41 bits per heavy atom. The molecule has 17 heavy (non-hydrogen) atoms. The lowest BCUT2D eigenvalue weighted by Crippen LogP contribution is -2.48. The standard InChI is InChI=1S/C13H24N2O2/c1-12(2,16-4)7-8-17-10-13(9-14,15-3)11-5-6-11/h11,15H,5-8,10H2,1-4H3. The van der Waals surface area contributed by atoms with Gasteiger partial charge in [-0.2, -0.15) is 5.26 Å². The van der Waals surface area contributed by atoms with Crippen molar-refractivity contribution < 1.29 is 9.47 Å². The van der Waals surface area contributed by atoms with Crippen molar-refractivity contribution in [2.75, 3.05) is 27.4 Å². The first-order valence-corrected chi connectivity index (χ1v) is 6.23. The summed E-state index contributed by atoms with van der Waals surface area (Å²) in [7, 11) is 3.54. The van der Waals surface area contributed by atoms with Gasteiger partial charge in [0, 0.05) is 13.7 Å². The Labute approximate surface area is 104 Å². The Balaban J connectivity index is 2.32. The summed E-state index contributed by atoms with van der Waals surface area (Å²) in [5.74, 6) is 0.452. The molecule has 0 spiro atoms. The van der Waals surface area contributed by atoms with Gasteiger partial charge in [-0.15, -0.1) is 0 Å². The van der Waals surface area contributed by atoms with Crippen LogP contribution in [0.4, 0.5) is 0 Å². The smallest absolute Gasteiger partial charge is 0.132 e. The van der Waals surface area contributed by atoms with Gasteiger partial charge >= 0.3 is 0 Å². The van der Waals surface area contributed by atoms with E-state index in [1.807, 2.05) is 20.9 Å². The van der Waals surface area contributed by atoms with Gasteiger partial charge in [0.05, 0.1) is 18.3 Å². The highest BCUT2D eigenvalue weighted by Gasteiger charge is 2.45. The molecule has 1 saturated carbocycles. The van der Waals surface area contributed by atoms with Crippen LogP contribution >= 0.6 is 0 Å². The fourth-order valence-electron chi connectivity index (χ4n) is 1.80. The zero-order valence-electron chi connectivity index (χ0n) is 11.4. The van der Waals surface area contributed by atoms with Gasteiger partial charge in [-0.25, -0.2) is 0 Å². The van der Waals surface area contributed by atoms with Gasteiger partial charge in [-0.1, -0.05) is 0 Å². The van der Waals surface area contributed by atoms with E-state index >= 15 is 0 Å². The molecular weight excluding hydrogens is 216 g/mol. The van der Waals surface area contributed by atoms with Crippen LogP contribution in [0.1, 0.15) is 33.1 Å². The Bertz CT molecular complexity index is 282. The second-order valence-corrected chi connectivity index (χ2v) is 5.37. The number of hydrogen-bond donors (Lipinski definition) is 1. The van der Waals surface area contributed by atoms with Crippen LogP contribution in [0.5, 0.6) is 0 Å². The number of likely N-dealkylation sites (N-methyl/N-ethyl adjacent to an activating group) is 1. The predicted octanol–water partition coefficient (Wildman–Crippen LogP) is 1.71. The Morgan fingerprint density at radius 3 is 2.47 bits per heavy atom. The van der Waals surface area contributed by atoms with E-state index in [4.69, 9.17) is 9.47 Å². The molecule has 0 heterocycles. The maximum Gasteiger partial charge on any atom is 0.132 e. The molecule has 0 aromatic carbocycles. The van der Waals surface area contributed by atoms with E-state index in [1.165, 1.54) is 0 Å². The molecule has 1 unspecified atom stereocenters. The molecule has 1 aliphatic rings. The molecule has 1 atom stereocenters. The van der Waals surface area contributed by atoms with Crippen LogP contribution in [0.15, 0.2) is 0 Å². The highest BCUT2D eigenvalue weighted by molar-refractivity contribution is 5.14. The topological polar surface area (TPSA) is 54.3 Å². The van der Waals surface area contributed by atoms with Gasteiger partial charge in [-0.05, 0) is 46.1 Å². The first-order chi connectivity index (χ1) is 7.99. The molecule has 98 valence electrons. The summed E-state index contributed by atoms with van der Waals surface area (Å²) in [5.41, 5.74) is -0.647. The van der Waals surface area contributed by atoms with Crippen molar-refractivity contribution in [3.05, 3.63) is 0 Å². The van der Waals surface area contributed by atoms with Gasteiger partial charge < -0.3 is 14.8 Å². The maximum absolute atomic E-state index is 9.28. The number of rotatable bonds is 8. The third-order valence-corrected chi connectivity index (χ3v) is 3.65. The largest absolute Gasteiger partial charge is 0.379 e. The summed E-state index contributed by atoms with van der Waals surface area (Å²) >= 11 is 0. The molecule has 1 fully saturated rings. The Hall–Kier alpha value is -0.630. The fraction of sp³-hybridized carbons (Fsp3) is 0.923. The lowest BCUT2D eigenvalue weighted by Gasteiger charge is -2.27. The summed E-state index contributed by atoms with van der Waals surface area (Å²) in [4.78, 5) is 0. The molecule has 0 bridgehead atoms. The Kier molecular flexibility index (Phi) is 4.93. The molecule has 0 radical (unpaired) electrons. The van der Waals surface area contributed by atoms with Gasteiger partial charge in [0.1, 0.15) is 5.54 Å². The van der Waals surface area contributed by atoms with E-state index in [1.54, 1.807) is 7.11 Å². The highest BCUT2D eigenvalue weighted by atomic mass is 16.5. The van der Waals surface area contributed by atoms with Gasteiger partial charge in [0.15, 0.2) is 0 Å². The van der Waals surface area contributed by atoms with Crippen LogP contribution in [0.3, 0.4) is 0 Å². The molecule has 0 amide bonds. The number of nitrogens with one attached hydrogen (secondary N) is 1. The lowest BCUT2D eigenvalue weighted by molar-refractivity contribution is -0.0163. The van der Waals surface area contributed by atoms with Crippen LogP contribution in [-0.4, -0.2) is 38.5 Å². The van der Waals surface area contributed by atoms with Crippen molar-refractivity contribution >= 4 is 0 Å². The number of ether oxygens (including phenoxy) is 2. The van der Waals surface area contributed by atoms with Crippen molar-refractivity contribution in [2.24, 2.45) is 5.92 Å². The number of nitrogens with zero attached hydrogens (tertiary/aromatic N) is 1. The number of hydrogen-bond acceptors (Lipinski definition) is 4. The predicted molar refractivity (Wildman–Crippen MR) is 66.7 cm³/mol. The molecule has 4 nitrogen and oxygen atoms in total. The molecule has 0 aromatic heterocycles. The van der Waals surface area contributed by atoms with Crippen molar-refractivity contribution in [1.82, 2.24) is 5.32 Å². The minimum atomic E-state index is -0.489. The second-order valence-electron chi connectivity index (χ2n) is 5.37. The average Bonchev–Trinajstić information content (AvgIpc) is 3.15.